The number of benzene rings is 4. The van der Waals surface area contributed by atoms with Gasteiger partial charge in [0.25, 0.3) is 0 Å². The van der Waals surface area contributed by atoms with Crippen LogP contribution in [-0.4, -0.2) is 34.8 Å². The molecule has 0 saturated carbocycles. The Bertz CT molecular complexity index is 1660. The lowest BCUT2D eigenvalue weighted by atomic mass is 10.3. The summed E-state index contributed by atoms with van der Waals surface area (Å²) in [5.41, 5.74) is 1.43. The summed E-state index contributed by atoms with van der Waals surface area (Å²) in [5, 5.41) is 11.9. The van der Waals surface area contributed by atoms with Crippen molar-refractivity contribution >= 4 is 45.0 Å². The van der Waals surface area contributed by atoms with Gasteiger partial charge in [-0.05, 0) is 48.5 Å². The summed E-state index contributed by atoms with van der Waals surface area (Å²) < 4.78 is 27.8. The predicted octanol–water partition coefficient (Wildman–Crippen LogP) is 6.12. The molecule has 0 saturated heterocycles. The van der Waals surface area contributed by atoms with Crippen molar-refractivity contribution < 1.29 is 13.2 Å². The Labute approximate surface area is 235 Å². The number of rotatable bonds is 10. The molecule has 7 nitrogen and oxygen atoms in total. The molecule has 0 atom stereocenters. The number of amides is 1. The minimum absolute atomic E-state index is 0.0702. The maximum atomic E-state index is 13.1. The first kappa shape index (κ1) is 26.7. The van der Waals surface area contributed by atoms with E-state index in [1.54, 1.807) is 46.7 Å². The molecule has 0 aliphatic rings. The monoisotopic (exact) mass is 572 g/mol. The van der Waals surface area contributed by atoms with Crippen LogP contribution in [0.25, 0.3) is 5.69 Å². The van der Waals surface area contributed by atoms with Gasteiger partial charge in [-0.1, -0.05) is 90.3 Å². The number of sulfone groups is 1. The first-order chi connectivity index (χ1) is 19.0. The Hall–Kier alpha value is -3.86. The molecule has 4 aromatic carbocycles. The molecule has 0 spiro atoms. The van der Waals surface area contributed by atoms with E-state index in [0.717, 1.165) is 15.5 Å². The molecule has 39 heavy (non-hydrogen) atoms. The maximum Gasteiger partial charge on any atom is 0.234 e. The van der Waals surface area contributed by atoms with Gasteiger partial charge in [0.2, 0.25) is 5.91 Å². The molecule has 0 aliphatic carbocycles. The van der Waals surface area contributed by atoms with Crippen LogP contribution in [0.5, 0.6) is 0 Å². The Kier molecular flexibility index (Phi) is 8.45. The molecule has 1 heterocycles. The number of aromatic nitrogens is 3. The van der Waals surface area contributed by atoms with E-state index in [-0.39, 0.29) is 28.1 Å². The molecule has 5 rings (SSSR count). The van der Waals surface area contributed by atoms with Crippen molar-refractivity contribution in [3.63, 3.8) is 0 Å². The van der Waals surface area contributed by atoms with E-state index in [1.165, 1.54) is 11.8 Å². The average molecular weight is 573 g/mol. The average Bonchev–Trinajstić information content (AvgIpc) is 3.36. The van der Waals surface area contributed by atoms with Crippen LogP contribution >= 0.6 is 23.5 Å². The van der Waals surface area contributed by atoms with Crippen LogP contribution in [0.15, 0.2) is 135 Å². The molecule has 1 aromatic heterocycles. The first-order valence-electron chi connectivity index (χ1n) is 12.0. The van der Waals surface area contributed by atoms with E-state index in [9.17, 15) is 13.2 Å². The molecule has 0 bridgehead atoms. The van der Waals surface area contributed by atoms with Crippen LogP contribution in [0.2, 0.25) is 0 Å². The summed E-state index contributed by atoms with van der Waals surface area (Å²) in [6, 6.07) is 35.1. The summed E-state index contributed by atoms with van der Waals surface area (Å²) in [6.45, 7) is 0. The second kappa shape index (κ2) is 12.3. The largest absolute Gasteiger partial charge is 0.324 e. The maximum absolute atomic E-state index is 13.1. The number of anilines is 1. The SMILES string of the molecule is O=C(CSc1nnc(CS(=O)(=O)c2ccccc2)n1-c1ccccc1)Nc1ccccc1Sc1ccccc1. The molecule has 1 N–H and O–H groups in total. The quantitative estimate of drug-likeness (QED) is 0.201. The zero-order valence-electron chi connectivity index (χ0n) is 20.7. The fraction of sp³-hybridized carbons (Fsp3) is 0.0690. The van der Waals surface area contributed by atoms with Crippen LogP contribution in [0.3, 0.4) is 0 Å². The lowest BCUT2D eigenvalue weighted by Gasteiger charge is -2.12. The lowest BCUT2D eigenvalue weighted by molar-refractivity contribution is -0.113. The van der Waals surface area contributed by atoms with Crippen molar-refractivity contribution in [3.05, 3.63) is 121 Å². The van der Waals surface area contributed by atoms with Gasteiger partial charge < -0.3 is 5.32 Å². The number of nitrogens with zero attached hydrogens (tertiary/aromatic N) is 3. The number of carbonyl (C=O) groups is 1. The number of hydrogen-bond donors (Lipinski definition) is 1. The number of hydrogen-bond acceptors (Lipinski definition) is 7. The zero-order chi connectivity index (χ0) is 27.1. The van der Waals surface area contributed by atoms with Crippen molar-refractivity contribution in [2.75, 3.05) is 11.1 Å². The molecular weight excluding hydrogens is 549 g/mol. The predicted molar refractivity (Wildman–Crippen MR) is 155 cm³/mol. The van der Waals surface area contributed by atoms with E-state index < -0.39 is 9.84 Å². The number of nitrogens with one attached hydrogen (secondary N) is 1. The fourth-order valence-corrected chi connectivity index (χ4v) is 6.75. The summed E-state index contributed by atoms with van der Waals surface area (Å²) in [4.78, 5) is 15.2. The van der Waals surface area contributed by atoms with Gasteiger partial charge >= 0.3 is 0 Å². The van der Waals surface area contributed by atoms with Crippen LogP contribution in [0.4, 0.5) is 5.69 Å². The zero-order valence-corrected chi connectivity index (χ0v) is 23.1. The van der Waals surface area contributed by atoms with Crippen molar-refractivity contribution in [2.24, 2.45) is 0 Å². The summed E-state index contributed by atoms with van der Waals surface area (Å²) in [6.07, 6.45) is 0. The van der Waals surface area contributed by atoms with Crippen LogP contribution in [0.1, 0.15) is 5.82 Å². The third-order valence-corrected chi connectivity index (χ3v) is 9.24. The standard InChI is InChI=1S/C29H24N4O3S3/c34-28(30-25-18-10-11-19-26(25)38-23-14-6-2-7-15-23)20-37-29-32-31-27(33(29)22-12-4-1-5-13-22)21-39(35,36)24-16-8-3-9-17-24/h1-19H,20-21H2,(H,30,34). The van der Waals surface area contributed by atoms with Crippen LogP contribution < -0.4 is 5.32 Å². The number of para-hydroxylation sites is 2. The molecule has 5 aromatic rings. The number of thioether (sulfide) groups is 1. The molecule has 10 heteroatoms. The van der Waals surface area contributed by atoms with E-state index >= 15 is 0 Å². The highest BCUT2D eigenvalue weighted by Crippen LogP contribution is 2.33. The Balaban J connectivity index is 1.34. The molecule has 0 radical (unpaired) electrons. The van der Waals surface area contributed by atoms with E-state index in [1.807, 2.05) is 84.9 Å². The van der Waals surface area contributed by atoms with E-state index in [0.29, 0.717) is 10.8 Å². The lowest BCUT2D eigenvalue weighted by Crippen LogP contribution is -2.15. The second-order valence-electron chi connectivity index (χ2n) is 8.39. The summed E-state index contributed by atoms with van der Waals surface area (Å²) in [5.74, 6) is -0.184. The van der Waals surface area contributed by atoms with Crippen molar-refractivity contribution in [1.82, 2.24) is 14.8 Å². The third kappa shape index (κ3) is 6.78. The van der Waals surface area contributed by atoms with E-state index in [2.05, 4.69) is 15.5 Å². The summed E-state index contributed by atoms with van der Waals surface area (Å²) >= 11 is 2.77. The normalized spacial score (nSPS) is 11.3. The van der Waals surface area contributed by atoms with Gasteiger partial charge in [0.15, 0.2) is 20.8 Å². The molecular formula is C29H24N4O3S3. The number of carbonyl (C=O) groups excluding carboxylic acids is 1. The Morgan fingerprint density at radius 3 is 2.10 bits per heavy atom. The summed E-state index contributed by atoms with van der Waals surface area (Å²) in [7, 11) is -3.65. The Morgan fingerprint density at radius 1 is 0.769 bits per heavy atom. The van der Waals surface area contributed by atoms with Gasteiger partial charge in [0.1, 0.15) is 5.75 Å². The molecule has 0 unspecified atom stereocenters. The van der Waals surface area contributed by atoms with Crippen molar-refractivity contribution in [1.29, 1.82) is 0 Å². The van der Waals surface area contributed by atoms with Gasteiger partial charge in [-0.2, -0.15) is 0 Å². The Morgan fingerprint density at radius 2 is 1.38 bits per heavy atom. The topological polar surface area (TPSA) is 94.0 Å². The second-order valence-corrected chi connectivity index (χ2v) is 12.4. The highest BCUT2D eigenvalue weighted by molar-refractivity contribution is 8.00. The highest BCUT2D eigenvalue weighted by atomic mass is 32.2. The van der Waals surface area contributed by atoms with Gasteiger partial charge in [-0.15, -0.1) is 10.2 Å². The minimum Gasteiger partial charge on any atom is -0.324 e. The minimum atomic E-state index is -3.65. The molecule has 196 valence electrons. The molecule has 0 aliphatic heterocycles. The van der Waals surface area contributed by atoms with Crippen molar-refractivity contribution in [2.45, 2.75) is 25.6 Å². The van der Waals surface area contributed by atoms with Crippen molar-refractivity contribution in [3.8, 4) is 5.69 Å². The fourth-order valence-electron chi connectivity index (χ4n) is 3.80. The third-order valence-electron chi connectivity index (χ3n) is 5.60. The van der Waals surface area contributed by atoms with Gasteiger partial charge in [0, 0.05) is 15.5 Å². The van der Waals surface area contributed by atoms with E-state index in [4.69, 9.17) is 0 Å². The molecule has 0 fully saturated rings. The molecule has 1 amide bonds. The van der Waals surface area contributed by atoms with Gasteiger partial charge in [0.05, 0.1) is 16.3 Å². The first-order valence-corrected chi connectivity index (χ1v) is 15.5. The van der Waals surface area contributed by atoms with Crippen LogP contribution in [0, 0.1) is 0 Å². The highest BCUT2D eigenvalue weighted by Gasteiger charge is 2.23. The van der Waals surface area contributed by atoms with Crippen LogP contribution in [-0.2, 0) is 20.4 Å². The van der Waals surface area contributed by atoms with Gasteiger partial charge in [-0.3, -0.25) is 9.36 Å². The smallest absolute Gasteiger partial charge is 0.234 e. The van der Waals surface area contributed by atoms with Gasteiger partial charge in [-0.25, -0.2) is 8.42 Å².